The Morgan fingerprint density at radius 2 is 1.64 bits per heavy atom. The van der Waals surface area contributed by atoms with E-state index in [9.17, 15) is 13.6 Å². The van der Waals surface area contributed by atoms with Gasteiger partial charge in [0.15, 0.2) is 0 Å². The van der Waals surface area contributed by atoms with E-state index in [2.05, 4.69) is 5.32 Å². The topological polar surface area (TPSA) is 36.8 Å². The zero-order chi connectivity index (χ0) is 18.6. The highest BCUT2D eigenvalue weighted by Gasteiger charge is 2.22. The second-order valence-electron chi connectivity index (χ2n) is 6.42. The molecule has 0 heterocycles. The molecule has 0 radical (unpaired) electrons. The first kappa shape index (κ1) is 18.9. The van der Waals surface area contributed by atoms with Gasteiger partial charge in [0.05, 0.1) is 20.6 Å². The molecule has 1 amide bonds. The van der Waals surface area contributed by atoms with Gasteiger partial charge in [-0.15, -0.1) is 0 Å². The highest BCUT2D eigenvalue weighted by molar-refractivity contribution is 5.94. The lowest BCUT2D eigenvalue weighted by Crippen LogP contribution is -3.07. The minimum absolute atomic E-state index is 0.0324. The molecule has 25 heavy (non-hydrogen) atoms. The third-order valence-corrected chi connectivity index (χ3v) is 4.17. The Morgan fingerprint density at radius 1 is 1.08 bits per heavy atom. The van der Waals surface area contributed by atoms with E-state index in [4.69, 9.17) is 0 Å². The molecule has 0 aliphatic heterocycles. The maximum Gasteiger partial charge on any atom is 0.257 e. The predicted molar refractivity (Wildman–Crippen MR) is 95.0 cm³/mol. The average molecular weight is 348 g/mol. The molecule has 0 bridgehead atoms. The zero-order valence-electron chi connectivity index (χ0n) is 14.9. The number of amides is 1. The van der Waals surface area contributed by atoms with Crippen molar-refractivity contribution < 1.29 is 18.5 Å². The van der Waals surface area contributed by atoms with Gasteiger partial charge in [-0.3, -0.25) is 4.79 Å². The quantitative estimate of drug-likeness (QED) is 0.833. The molecular formula is C19H24F2N3O+. The largest absolute Gasteiger partial charge is 0.378 e. The van der Waals surface area contributed by atoms with E-state index < -0.39 is 23.1 Å². The summed E-state index contributed by atoms with van der Waals surface area (Å²) in [5.74, 6) is -2.46. The van der Waals surface area contributed by atoms with Crippen molar-refractivity contribution in [2.45, 2.75) is 6.04 Å². The number of nitrogens with one attached hydrogen (secondary N) is 2. The van der Waals surface area contributed by atoms with E-state index in [1.54, 1.807) is 0 Å². The third kappa shape index (κ3) is 4.54. The van der Waals surface area contributed by atoms with Crippen LogP contribution in [-0.2, 0) is 0 Å². The summed E-state index contributed by atoms with van der Waals surface area (Å²) in [5.41, 5.74) is 1.58. The summed E-state index contributed by atoms with van der Waals surface area (Å²) in [4.78, 5) is 15.3. The maximum absolute atomic E-state index is 13.7. The van der Waals surface area contributed by atoms with Gasteiger partial charge in [0, 0.05) is 25.3 Å². The lowest BCUT2D eigenvalue weighted by molar-refractivity contribution is -0.890. The minimum Gasteiger partial charge on any atom is -0.378 e. The minimum atomic E-state index is -0.860. The Balaban J connectivity index is 2.13. The first-order valence-electron chi connectivity index (χ1n) is 8.10. The van der Waals surface area contributed by atoms with Gasteiger partial charge in [-0.25, -0.2) is 8.78 Å². The van der Waals surface area contributed by atoms with E-state index in [1.165, 1.54) is 6.07 Å². The van der Waals surface area contributed by atoms with Crippen molar-refractivity contribution in [2.24, 2.45) is 0 Å². The number of carbonyl (C=O) groups is 1. The van der Waals surface area contributed by atoms with E-state index in [-0.39, 0.29) is 12.6 Å². The zero-order valence-corrected chi connectivity index (χ0v) is 14.9. The normalized spacial score (nSPS) is 12.1. The van der Waals surface area contributed by atoms with E-state index in [0.29, 0.717) is 0 Å². The second-order valence-corrected chi connectivity index (χ2v) is 6.42. The smallest absolute Gasteiger partial charge is 0.257 e. The van der Waals surface area contributed by atoms with Gasteiger partial charge in [0.1, 0.15) is 23.2 Å². The molecule has 0 spiro atoms. The van der Waals surface area contributed by atoms with Crippen molar-refractivity contribution in [3.05, 3.63) is 65.2 Å². The maximum atomic E-state index is 13.7. The van der Waals surface area contributed by atoms with Crippen LogP contribution in [0.4, 0.5) is 14.5 Å². The predicted octanol–water partition coefficient (Wildman–Crippen LogP) is 1.65. The molecule has 0 aromatic heterocycles. The second kappa shape index (κ2) is 8.07. The Labute approximate surface area is 147 Å². The highest BCUT2D eigenvalue weighted by atomic mass is 19.1. The number of anilines is 1. The molecule has 2 aromatic carbocycles. The number of nitrogens with zero attached hydrogens (tertiary/aromatic N) is 1. The van der Waals surface area contributed by atoms with Crippen LogP contribution in [0.2, 0.25) is 0 Å². The monoisotopic (exact) mass is 348 g/mol. The number of halogens is 2. The first-order valence-corrected chi connectivity index (χ1v) is 8.10. The van der Waals surface area contributed by atoms with Crippen molar-refractivity contribution in [2.75, 3.05) is 39.6 Å². The average Bonchev–Trinajstić information content (AvgIpc) is 2.55. The van der Waals surface area contributed by atoms with Gasteiger partial charge >= 0.3 is 0 Å². The van der Waals surface area contributed by atoms with Gasteiger partial charge in [-0.05, 0) is 24.3 Å². The van der Waals surface area contributed by atoms with Gasteiger partial charge in [-0.2, -0.15) is 0 Å². The molecule has 0 fully saturated rings. The number of quaternary nitrogens is 1. The van der Waals surface area contributed by atoms with Gasteiger partial charge in [0.2, 0.25) is 0 Å². The van der Waals surface area contributed by atoms with Crippen LogP contribution >= 0.6 is 0 Å². The summed E-state index contributed by atoms with van der Waals surface area (Å²) < 4.78 is 27.4. The number of rotatable bonds is 6. The van der Waals surface area contributed by atoms with Crippen LogP contribution in [0.1, 0.15) is 22.0 Å². The molecule has 2 rings (SSSR count). The van der Waals surface area contributed by atoms with Crippen LogP contribution in [0.25, 0.3) is 0 Å². The molecule has 134 valence electrons. The molecular weight excluding hydrogens is 324 g/mol. The van der Waals surface area contributed by atoms with Gasteiger partial charge in [-0.1, -0.05) is 18.2 Å². The van der Waals surface area contributed by atoms with Crippen LogP contribution < -0.4 is 15.1 Å². The Morgan fingerprint density at radius 3 is 2.12 bits per heavy atom. The van der Waals surface area contributed by atoms with E-state index in [0.717, 1.165) is 28.3 Å². The van der Waals surface area contributed by atoms with Crippen molar-refractivity contribution in [3.63, 3.8) is 0 Å². The summed E-state index contributed by atoms with van der Waals surface area (Å²) in [6, 6.07) is 11.4. The molecule has 6 heteroatoms. The number of hydrogen-bond donors (Lipinski definition) is 2. The lowest BCUT2D eigenvalue weighted by atomic mass is 10.0. The Kier molecular flexibility index (Phi) is 6.09. The van der Waals surface area contributed by atoms with Crippen LogP contribution in [0.5, 0.6) is 0 Å². The van der Waals surface area contributed by atoms with Crippen LogP contribution in [0.3, 0.4) is 0 Å². The van der Waals surface area contributed by atoms with Crippen molar-refractivity contribution in [3.8, 4) is 0 Å². The number of hydrogen-bond acceptors (Lipinski definition) is 2. The standard InChI is InChI=1S/C19H23F2N3O/c1-23(2)14-10-8-13(9-11-14)17(24(3)4)12-22-19(25)18-15(20)6-5-7-16(18)21/h5-11,17H,12H2,1-4H3,(H,22,25)/p+1/t17-/m1/s1. The molecule has 4 nitrogen and oxygen atoms in total. The number of benzene rings is 2. The van der Waals surface area contributed by atoms with E-state index >= 15 is 0 Å². The highest BCUT2D eigenvalue weighted by Crippen LogP contribution is 2.17. The summed E-state index contributed by atoms with van der Waals surface area (Å²) in [6.07, 6.45) is 0. The van der Waals surface area contributed by atoms with Gasteiger partial charge < -0.3 is 15.1 Å². The lowest BCUT2D eigenvalue weighted by Gasteiger charge is -2.23. The molecule has 0 aliphatic carbocycles. The molecule has 0 saturated heterocycles. The summed E-state index contributed by atoms with van der Waals surface area (Å²) in [7, 11) is 7.88. The summed E-state index contributed by atoms with van der Waals surface area (Å²) >= 11 is 0. The van der Waals surface area contributed by atoms with E-state index in [1.807, 2.05) is 57.4 Å². The number of likely N-dealkylation sites (N-methyl/N-ethyl adjacent to an activating group) is 1. The third-order valence-electron chi connectivity index (χ3n) is 4.17. The molecule has 0 unspecified atom stereocenters. The van der Waals surface area contributed by atoms with Crippen molar-refractivity contribution in [1.82, 2.24) is 5.32 Å². The molecule has 1 atom stereocenters. The fourth-order valence-electron chi connectivity index (χ4n) is 2.66. The van der Waals surface area contributed by atoms with Crippen LogP contribution in [0.15, 0.2) is 42.5 Å². The fraction of sp³-hybridized carbons (Fsp3) is 0.316. The SMILES string of the molecule is CN(C)c1ccc([C@@H](CNC(=O)c2c(F)cccc2F)[NH+](C)C)cc1. The Bertz CT molecular complexity index is 710. The number of carbonyl (C=O) groups excluding carboxylic acids is 1. The summed E-state index contributed by atoms with van der Waals surface area (Å²) in [5, 5.41) is 2.65. The Hall–Kier alpha value is -2.47. The van der Waals surface area contributed by atoms with Crippen LogP contribution in [-0.4, -0.2) is 40.6 Å². The van der Waals surface area contributed by atoms with Crippen molar-refractivity contribution >= 4 is 11.6 Å². The van der Waals surface area contributed by atoms with Crippen molar-refractivity contribution in [1.29, 1.82) is 0 Å². The first-order chi connectivity index (χ1) is 11.8. The molecule has 0 aliphatic rings. The van der Waals surface area contributed by atoms with Gasteiger partial charge in [0.25, 0.3) is 5.91 Å². The molecule has 2 aromatic rings. The summed E-state index contributed by atoms with van der Waals surface area (Å²) in [6.45, 7) is 0.274. The molecule has 2 N–H and O–H groups in total. The van der Waals surface area contributed by atoms with Crippen LogP contribution in [0, 0.1) is 11.6 Å². The fourth-order valence-corrected chi connectivity index (χ4v) is 2.66. The molecule has 0 saturated carbocycles.